The summed E-state index contributed by atoms with van der Waals surface area (Å²) in [6.45, 7) is 0. The Kier molecular flexibility index (Phi) is 5.16. The number of rotatable bonds is 5. The first-order valence-electron chi connectivity index (χ1n) is 6.78. The summed E-state index contributed by atoms with van der Waals surface area (Å²) in [4.78, 5) is 15.8. The van der Waals surface area contributed by atoms with E-state index in [1.165, 1.54) is 31.4 Å². The lowest BCUT2D eigenvalue weighted by Gasteiger charge is -2.12. The number of nitrogens with zero attached hydrogens (tertiary/aromatic N) is 1. The minimum atomic E-state index is -4.69. The van der Waals surface area contributed by atoms with Crippen molar-refractivity contribution in [1.82, 2.24) is 0 Å². The van der Waals surface area contributed by atoms with Crippen molar-refractivity contribution in [2.24, 2.45) is 4.99 Å². The Morgan fingerprint density at radius 1 is 1.04 bits per heavy atom. The average Bonchev–Trinajstić information content (AvgIpc) is 2.54. The van der Waals surface area contributed by atoms with Gasteiger partial charge in [-0.15, -0.1) is 0 Å². The summed E-state index contributed by atoms with van der Waals surface area (Å²) in [5, 5.41) is 0. The number of ketones is 1. The van der Waals surface area contributed by atoms with Gasteiger partial charge < -0.3 is 4.74 Å². The van der Waals surface area contributed by atoms with Crippen molar-refractivity contribution < 1.29 is 22.7 Å². The van der Waals surface area contributed by atoms with E-state index in [2.05, 4.69) is 4.99 Å². The molecule has 0 amide bonds. The number of methoxy groups -OCH3 is 1. The van der Waals surface area contributed by atoms with Gasteiger partial charge in [-0.25, -0.2) is 4.99 Å². The van der Waals surface area contributed by atoms with Crippen LogP contribution in [0, 0.1) is 0 Å². The molecule has 2 aromatic carbocycles. The van der Waals surface area contributed by atoms with Crippen LogP contribution in [0.4, 0.5) is 18.9 Å². The number of carbonyl (C=O) groups excluding carboxylic acids is 1. The van der Waals surface area contributed by atoms with Gasteiger partial charge in [-0.1, -0.05) is 30.3 Å². The lowest BCUT2D eigenvalue weighted by molar-refractivity contribution is -0.0601. The van der Waals surface area contributed by atoms with Crippen molar-refractivity contribution in [3.8, 4) is 5.75 Å². The molecule has 2 aromatic rings. The van der Waals surface area contributed by atoms with E-state index in [1.54, 1.807) is 30.3 Å². The van der Waals surface area contributed by atoms with Crippen molar-refractivity contribution in [2.45, 2.75) is 12.6 Å². The fourth-order valence-corrected chi connectivity index (χ4v) is 1.98. The van der Waals surface area contributed by atoms with Gasteiger partial charge in [0.1, 0.15) is 11.5 Å². The number of para-hydroxylation sites is 2. The highest BCUT2D eigenvalue weighted by molar-refractivity contribution is 6.13. The Morgan fingerprint density at radius 2 is 1.65 bits per heavy atom. The molecule has 0 heterocycles. The van der Waals surface area contributed by atoms with E-state index >= 15 is 0 Å². The van der Waals surface area contributed by atoms with Crippen molar-refractivity contribution in [3.63, 3.8) is 0 Å². The van der Waals surface area contributed by atoms with Gasteiger partial charge in [-0.2, -0.15) is 13.2 Å². The van der Waals surface area contributed by atoms with Gasteiger partial charge in [-0.3, -0.25) is 4.79 Å². The summed E-state index contributed by atoms with van der Waals surface area (Å²) < 4.78 is 44.5. The maximum absolute atomic E-state index is 13.1. The lowest BCUT2D eigenvalue weighted by atomic mass is 10.0. The van der Waals surface area contributed by atoms with E-state index in [1.807, 2.05) is 0 Å². The van der Waals surface area contributed by atoms with Crippen LogP contribution >= 0.6 is 0 Å². The summed E-state index contributed by atoms with van der Waals surface area (Å²) in [7, 11) is 1.36. The number of carbonyl (C=O) groups is 1. The predicted octanol–water partition coefficient (Wildman–Crippen LogP) is 4.60. The number of alkyl halides is 3. The van der Waals surface area contributed by atoms with Gasteiger partial charge >= 0.3 is 6.18 Å². The second kappa shape index (κ2) is 7.09. The topological polar surface area (TPSA) is 38.7 Å². The third-order valence-electron chi connectivity index (χ3n) is 3.08. The maximum Gasteiger partial charge on any atom is 0.429 e. The standard InChI is InChI=1S/C17H14F3NO2/c1-23-15-10-6-5-9-13(15)14(22)11-16(17(18,19)20)21-12-7-3-2-4-8-12/h2-10H,11H2,1H3. The molecule has 23 heavy (non-hydrogen) atoms. The van der Waals surface area contributed by atoms with Crippen molar-refractivity contribution >= 4 is 17.2 Å². The Labute approximate surface area is 131 Å². The monoisotopic (exact) mass is 321 g/mol. The van der Waals surface area contributed by atoms with E-state index < -0.39 is 24.1 Å². The summed E-state index contributed by atoms with van der Waals surface area (Å²) in [6, 6.07) is 13.9. The third-order valence-corrected chi connectivity index (χ3v) is 3.08. The van der Waals surface area contributed by atoms with Crippen LogP contribution in [0.3, 0.4) is 0 Å². The molecule has 6 heteroatoms. The van der Waals surface area contributed by atoms with Gasteiger partial charge in [0.15, 0.2) is 5.78 Å². The van der Waals surface area contributed by atoms with Gasteiger partial charge in [0, 0.05) is 0 Å². The molecular weight excluding hydrogens is 307 g/mol. The molecule has 0 N–H and O–H groups in total. The summed E-state index contributed by atoms with van der Waals surface area (Å²) in [6.07, 6.45) is -5.54. The molecular formula is C17H14F3NO2. The number of hydrogen-bond acceptors (Lipinski definition) is 3. The van der Waals surface area contributed by atoms with Crippen LogP contribution in [0.5, 0.6) is 5.75 Å². The first kappa shape index (κ1) is 16.7. The fraction of sp³-hybridized carbons (Fsp3) is 0.176. The number of ether oxygens (including phenoxy) is 1. The number of halogens is 3. The molecule has 0 saturated carbocycles. The minimum absolute atomic E-state index is 0.0972. The van der Waals surface area contributed by atoms with Gasteiger partial charge in [0.05, 0.1) is 24.8 Å². The first-order chi connectivity index (χ1) is 10.9. The van der Waals surface area contributed by atoms with Crippen LogP contribution in [-0.4, -0.2) is 24.8 Å². The van der Waals surface area contributed by atoms with E-state index in [0.717, 1.165) is 0 Å². The van der Waals surface area contributed by atoms with Crippen LogP contribution in [0.25, 0.3) is 0 Å². The second-order valence-electron chi connectivity index (χ2n) is 4.69. The Hall–Kier alpha value is -2.63. The SMILES string of the molecule is COc1ccccc1C(=O)CC(=Nc1ccccc1)C(F)(F)F. The molecule has 0 aromatic heterocycles. The molecule has 3 nitrogen and oxygen atoms in total. The highest BCUT2D eigenvalue weighted by Gasteiger charge is 2.37. The number of aliphatic imine (C=N–C) groups is 1. The summed E-state index contributed by atoms with van der Waals surface area (Å²) >= 11 is 0. The molecule has 120 valence electrons. The van der Waals surface area contributed by atoms with Gasteiger partial charge in [-0.05, 0) is 24.3 Å². The zero-order valence-corrected chi connectivity index (χ0v) is 12.3. The van der Waals surface area contributed by atoms with Crippen LogP contribution in [0.1, 0.15) is 16.8 Å². The molecule has 0 unspecified atom stereocenters. The van der Waals surface area contributed by atoms with Gasteiger partial charge in [0.2, 0.25) is 0 Å². The molecule has 0 aliphatic carbocycles. The average molecular weight is 321 g/mol. The van der Waals surface area contributed by atoms with E-state index in [-0.39, 0.29) is 17.0 Å². The quantitative estimate of drug-likeness (QED) is 0.596. The van der Waals surface area contributed by atoms with Crippen molar-refractivity contribution in [1.29, 1.82) is 0 Å². The van der Waals surface area contributed by atoms with Crippen LogP contribution < -0.4 is 4.74 Å². The molecule has 0 atom stereocenters. The minimum Gasteiger partial charge on any atom is -0.496 e. The summed E-state index contributed by atoms with van der Waals surface area (Å²) in [5.74, 6) is -0.465. The van der Waals surface area contributed by atoms with E-state index in [0.29, 0.717) is 0 Å². The van der Waals surface area contributed by atoms with Gasteiger partial charge in [0.25, 0.3) is 0 Å². The highest BCUT2D eigenvalue weighted by atomic mass is 19.4. The number of Topliss-reactive ketones (excluding diaryl/α,β-unsaturated/α-hetero) is 1. The van der Waals surface area contributed by atoms with Crippen molar-refractivity contribution in [3.05, 3.63) is 60.2 Å². The first-order valence-corrected chi connectivity index (χ1v) is 6.78. The fourth-order valence-electron chi connectivity index (χ4n) is 1.98. The molecule has 0 saturated heterocycles. The van der Waals surface area contributed by atoms with Crippen LogP contribution in [0.15, 0.2) is 59.6 Å². The molecule has 0 spiro atoms. The predicted molar refractivity (Wildman–Crippen MR) is 81.5 cm³/mol. The maximum atomic E-state index is 13.1. The summed E-state index contributed by atoms with van der Waals surface area (Å²) in [5.41, 5.74) is -0.896. The third kappa shape index (κ3) is 4.42. The Bertz CT molecular complexity index is 709. The Morgan fingerprint density at radius 3 is 2.26 bits per heavy atom. The zero-order chi connectivity index (χ0) is 16.9. The zero-order valence-electron chi connectivity index (χ0n) is 12.3. The normalized spacial score (nSPS) is 12.1. The molecule has 0 bridgehead atoms. The van der Waals surface area contributed by atoms with E-state index in [4.69, 9.17) is 4.74 Å². The number of benzene rings is 2. The highest BCUT2D eigenvalue weighted by Crippen LogP contribution is 2.26. The van der Waals surface area contributed by atoms with E-state index in [9.17, 15) is 18.0 Å². The smallest absolute Gasteiger partial charge is 0.429 e. The molecule has 2 rings (SSSR count). The molecule has 0 radical (unpaired) electrons. The second-order valence-corrected chi connectivity index (χ2v) is 4.69. The number of hydrogen-bond donors (Lipinski definition) is 0. The largest absolute Gasteiger partial charge is 0.496 e. The molecule has 0 aliphatic heterocycles. The lowest BCUT2D eigenvalue weighted by Crippen LogP contribution is -2.25. The van der Waals surface area contributed by atoms with Crippen LogP contribution in [0.2, 0.25) is 0 Å². The molecule has 0 aliphatic rings. The van der Waals surface area contributed by atoms with Crippen molar-refractivity contribution in [2.75, 3.05) is 7.11 Å². The van der Waals surface area contributed by atoms with Crippen LogP contribution in [-0.2, 0) is 0 Å². The Balaban J connectivity index is 2.32. The molecule has 0 fully saturated rings.